The van der Waals surface area contributed by atoms with E-state index in [0.29, 0.717) is 48.0 Å². The van der Waals surface area contributed by atoms with E-state index in [9.17, 15) is 9.59 Å². The molecular weight excluding hydrogens is 566 g/mol. The normalized spacial score (nSPS) is 28.5. The smallest absolute Gasteiger partial charge is 0.338 e. The van der Waals surface area contributed by atoms with Crippen molar-refractivity contribution < 1.29 is 18.7 Å². The van der Waals surface area contributed by atoms with Crippen LogP contribution in [0.5, 0.6) is 0 Å². The van der Waals surface area contributed by atoms with Crippen LogP contribution in [0.3, 0.4) is 0 Å². The largest absolute Gasteiger partial charge is 0.462 e. The first-order valence-corrected chi connectivity index (χ1v) is 14.8. The fourth-order valence-electron chi connectivity index (χ4n) is 7.23. The number of pyridine rings is 1. The van der Waals surface area contributed by atoms with Crippen molar-refractivity contribution >= 4 is 40.9 Å². The molecule has 2 saturated heterocycles. The van der Waals surface area contributed by atoms with Gasteiger partial charge in [-0.3, -0.25) is 9.69 Å². The first kappa shape index (κ1) is 26.8. The molecule has 4 aliphatic rings. The highest BCUT2D eigenvalue weighted by Gasteiger charge is 2.69. The number of hydrogen-bond acceptors (Lipinski definition) is 6. The fraction of sp³-hybridized carbons (Fsp3) is 0.387. The van der Waals surface area contributed by atoms with Gasteiger partial charge in [-0.2, -0.15) is 0 Å². The Bertz CT molecular complexity index is 1550. The highest BCUT2D eigenvalue weighted by Crippen LogP contribution is 2.60. The maximum atomic E-state index is 15.9. The summed E-state index contributed by atoms with van der Waals surface area (Å²) in [4.78, 5) is 33.2. The molecule has 5 atom stereocenters. The van der Waals surface area contributed by atoms with E-state index in [-0.39, 0.29) is 40.2 Å². The van der Waals surface area contributed by atoms with E-state index >= 15 is 4.39 Å². The third-order valence-electron chi connectivity index (χ3n) is 9.09. The summed E-state index contributed by atoms with van der Waals surface area (Å²) >= 11 is 12.6. The van der Waals surface area contributed by atoms with Crippen LogP contribution in [0.1, 0.15) is 65.2 Å². The summed E-state index contributed by atoms with van der Waals surface area (Å²) in [6.45, 7) is 2.80. The third kappa shape index (κ3) is 4.18. The number of rotatable bonds is 6. The molecule has 10 heteroatoms. The Morgan fingerprint density at radius 3 is 2.66 bits per heavy atom. The highest BCUT2D eigenvalue weighted by atomic mass is 35.5. The van der Waals surface area contributed by atoms with Crippen LogP contribution in [0.2, 0.25) is 10.2 Å². The topological polar surface area (TPSA) is 83.6 Å². The molecule has 7 nitrogen and oxygen atoms in total. The summed E-state index contributed by atoms with van der Waals surface area (Å²) in [5, 5.41) is 7.07. The number of fused-ring (bicyclic) bond motifs is 3. The highest BCUT2D eigenvalue weighted by molar-refractivity contribution is 6.31. The Kier molecular flexibility index (Phi) is 6.58. The van der Waals surface area contributed by atoms with Gasteiger partial charge in [0.1, 0.15) is 22.3 Å². The van der Waals surface area contributed by atoms with Crippen LogP contribution >= 0.6 is 23.2 Å². The molecule has 2 aromatic carbocycles. The summed E-state index contributed by atoms with van der Waals surface area (Å²) < 4.78 is 21.1. The van der Waals surface area contributed by atoms with Crippen molar-refractivity contribution in [2.24, 2.45) is 5.92 Å². The van der Waals surface area contributed by atoms with Crippen LogP contribution < -0.4 is 10.6 Å². The van der Waals surface area contributed by atoms with Crippen molar-refractivity contribution in [1.29, 1.82) is 0 Å². The van der Waals surface area contributed by atoms with Crippen molar-refractivity contribution in [1.82, 2.24) is 15.2 Å². The van der Waals surface area contributed by atoms with E-state index in [1.54, 1.807) is 37.3 Å². The second kappa shape index (κ2) is 10.1. The molecule has 3 fully saturated rings. The van der Waals surface area contributed by atoms with E-state index in [0.717, 1.165) is 18.4 Å². The van der Waals surface area contributed by atoms with Crippen LogP contribution in [-0.2, 0) is 15.1 Å². The van der Waals surface area contributed by atoms with Gasteiger partial charge in [-0.1, -0.05) is 47.5 Å². The Labute approximate surface area is 247 Å². The number of amides is 1. The number of aromatic nitrogens is 1. The lowest BCUT2D eigenvalue weighted by Gasteiger charge is -2.40. The second-order valence-electron chi connectivity index (χ2n) is 11.4. The van der Waals surface area contributed by atoms with Gasteiger partial charge in [0.05, 0.1) is 17.2 Å². The zero-order chi connectivity index (χ0) is 28.5. The van der Waals surface area contributed by atoms with E-state index in [4.69, 9.17) is 27.9 Å². The molecule has 3 aromatic rings. The molecule has 4 heterocycles. The lowest BCUT2D eigenvalue weighted by atomic mass is 9.74. The minimum absolute atomic E-state index is 0.0202. The van der Waals surface area contributed by atoms with E-state index in [2.05, 4.69) is 20.5 Å². The minimum atomic E-state index is -1.18. The third-order valence-corrected chi connectivity index (χ3v) is 9.59. The molecule has 0 radical (unpaired) electrons. The zero-order valence-electron chi connectivity index (χ0n) is 22.4. The number of halogens is 3. The Morgan fingerprint density at radius 1 is 1.15 bits per heavy atom. The minimum Gasteiger partial charge on any atom is -0.462 e. The number of benzene rings is 2. The first-order chi connectivity index (χ1) is 19.8. The van der Waals surface area contributed by atoms with Gasteiger partial charge in [-0.15, -0.1) is 0 Å². The van der Waals surface area contributed by atoms with Gasteiger partial charge in [0.2, 0.25) is 0 Å². The second-order valence-corrected chi connectivity index (χ2v) is 12.2. The van der Waals surface area contributed by atoms with E-state index in [1.165, 1.54) is 6.07 Å². The standard InChI is InChI=1S/C31H29Cl2FN4O3/c1-2-41-29(39)18-10-8-17(9-11-18)22-14-23-27(35-22)25(19-4-3-5-21(32)26(19)34)31(38(23)15-16-6-7-16)20-12-13-24(33)36-28(20)37-30(31)40/h3-5,8-13,16,22-23,25,27,35H,2,6-7,14-15H2,1H3,(H,36,37,40)/t22-,23-,25-,27+,31+/m0/s1. The SMILES string of the molecule is CCOC(=O)c1ccc([C@@H]2C[C@H]3[C@@H](N2)[C@H](c2cccc(Cl)c2F)[C@]2(C(=O)Nc4nc(Cl)ccc42)N3CC2CC2)cc1. The van der Waals surface area contributed by atoms with Crippen molar-refractivity contribution in [2.75, 3.05) is 18.5 Å². The number of carbonyl (C=O) groups excluding carboxylic acids is 2. The molecule has 2 N–H and O–H groups in total. The Hall–Kier alpha value is -3.04. The summed E-state index contributed by atoms with van der Waals surface area (Å²) in [6, 6.07) is 15.6. The molecule has 1 amide bonds. The number of hydrogen-bond donors (Lipinski definition) is 2. The van der Waals surface area contributed by atoms with Gasteiger partial charge in [0.15, 0.2) is 0 Å². The van der Waals surface area contributed by atoms with Gasteiger partial charge in [0.25, 0.3) is 5.91 Å². The molecule has 3 aliphatic heterocycles. The van der Waals surface area contributed by atoms with E-state index in [1.807, 2.05) is 18.2 Å². The number of likely N-dealkylation sites (tertiary alicyclic amines) is 1. The maximum absolute atomic E-state index is 15.9. The molecule has 0 bridgehead atoms. The van der Waals surface area contributed by atoms with Crippen molar-refractivity contribution in [3.63, 3.8) is 0 Å². The van der Waals surface area contributed by atoms with E-state index < -0.39 is 17.3 Å². The Balaban J connectivity index is 1.35. The van der Waals surface area contributed by atoms with Crippen LogP contribution in [-0.4, -0.2) is 47.0 Å². The number of nitrogens with zero attached hydrogens (tertiary/aromatic N) is 2. The van der Waals surface area contributed by atoms with Crippen molar-refractivity contribution in [3.05, 3.63) is 92.8 Å². The number of anilines is 1. The molecule has 1 aliphatic carbocycles. The van der Waals surface area contributed by atoms with Crippen molar-refractivity contribution in [2.45, 2.75) is 55.8 Å². The lowest BCUT2D eigenvalue weighted by molar-refractivity contribution is -0.128. The van der Waals surface area contributed by atoms with Crippen LogP contribution in [0, 0.1) is 11.7 Å². The Morgan fingerprint density at radius 2 is 1.93 bits per heavy atom. The van der Waals surface area contributed by atoms with Gasteiger partial charge in [-0.25, -0.2) is 14.2 Å². The fourth-order valence-corrected chi connectivity index (χ4v) is 7.56. The number of esters is 1. The van der Waals surface area contributed by atoms with Crippen LogP contribution in [0.4, 0.5) is 10.2 Å². The van der Waals surface area contributed by atoms with Gasteiger partial charge < -0.3 is 15.4 Å². The maximum Gasteiger partial charge on any atom is 0.338 e. The number of nitrogens with one attached hydrogen (secondary N) is 2. The number of carbonyl (C=O) groups is 2. The van der Waals surface area contributed by atoms with Gasteiger partial charge >= 0.3 is 5.97 Å². The summed E-state index contributed by atoms with van der Waals surface area (Å²) in [5.74, 6) is -0.795. The summed E-state index contributed by atoms with van der Waals surface area (Å²) in [5.41, 5.74) is 1.44. The molecule has 212 valence electrons. The van der Waals surface area contributed by atoms with Gasteiger partial charge in [0, 0.05) is 36.2 Å². The predicted octanol–water partition coefficient (Wildman–Crippen LogP) is 5.83. The quantitative estimate of drug-likeness (QED) is 0.276. The number of ether oxygens (including phenoxy) is 1. The summed E-state index contributed by atoms with van der Waals surface area (Å²) in [7, 11) is 0. The zero-order valence-corrected chi connectivity index (χ0v) is 23.9. The van der Waals surface area contributed by atoms with Crippen LogP contribution in [0.25, 0.3) is 0 Å². The molecule has 1 aromatic heterocycles. The predicted molar refractivity (Wildman–Crippen MR) is 154 cm³/mol. The lowest BCUT2D eigenvalue weighted by Crippen LogP contribution is -2.53. The molecule has 7 rings (SSSR count). The molecule has 1 saturated carbocycles. The monoisotopic (exact) mass is 594 g/mol. The molecule has 41 heavy (non-hydrogen) atoms. The molecule has 1 spiro atoms. The average Bonchev–Trinajstić information content (AvgIpc) is 3.53. The van der Waals surface area contributed by atoms with Crippen molar-refractivity contribution in [3.8, 4) is 0 Å². The van der Waals surface area contributed by atoms with Gasteiger partial charge in [-0.05, 0) is 73.6 Å². The first-order valence-electron chi connectivity index (χ1n) is 14.0. The average molecular weight is 596 g/mol. The van der Waals surface area contributed by atoms with Crippen LogP contribution in [0.15, 0.2) is 54.6 Å². The molecular formula is C31H29Cl2FN4O3. The molecule has 0 unspecified atom stereocenters. The summed E-state index contributed by atoms with van der Waals surface area (Å²) in [6.07, 6.45) is 2.90.